The maximum atomic E-state index is 12.2. The standard InChI is InChI=1S/C14H23N3O3/c1-15-11-9-19-8-10(11)14(18)16-7-12(17(2)3)13-5-4-6-20-13/h4-6,10-12,15H,7-9H2,1-3H3,(H,16,18). The second-order valence-corrected chi connectivity index (χ2v) is 5.28. The molecule has 1 aromatic rings. The fraction of sp³-hybridized carbons (Fsp3) is 0.643. The average Bonchev–Trinajstić information content (AvgIpc) is 3.09. The number of hydrogen-bond donors (Lipinski definition) is 2. The Morgan fingerprint density at radius 3 is 2.90 bits per heavy atom. The quantitative estimate of drug-likeness (QED) is 0.781. The first kappa shape index (κ1) is 15.0. The zero-order valence-corrected chi connectivity index (χ0v) is 12.3. The Kier molecular flexibility index (Phi) is 5.17. The number of carbonyl (C=O) groups excluding carboxylic acids is 1. The second-order valence-electron chi connectivity index (χ2n) is 5.28. The topological polar surface area (TPSA) is 66.7 Å². The van der Waals surface area contributed by atoms with Crippen molar-refractivity contribution in [1.82, 2.24) is 15.5 Å². The normalized spacial score (nSPS) is 24.0. The molecular weight excluding hydrogens is 258 g/mol. The lowest BCUT2D eigenvalue weighted by molar-refractivity contribution is -0.125. The molecule has 0 aromatic carbocycles. The highest BCUT2D eigenvalue weighted by molar-refractivity contribution is 5.79. The zero-order chi connectivity index (χ0) is 14.5. The van der Waals surface area contributed by atoms with Crippen molar-refractivity contribution >= 4 is 5.91 Å². The smallest absolute Gasteiger partial charge is 0.227 e. The second kappa shape index (κ2) is 6.88. The van der Waals surface area contributed by atoms with Crippen molar-refractivity contribution in [2.75, 3.05) is 40.9 Å². The van der Waals surface area contributed by atoms with Gasteiger partial charge in [-0.05, 0) is 33.3 Å². The molecular formula is C14H23N3O3. The lowest BCUT2D eigenvalue weighted by atomic mass is 10.0. The molecule has 6 nitrogen and oxygen atoms in total. The van der Waals surface area contributed by atoms with Gasteiger partial charge in [0.05, 0.1) is 31.4 Å². The predicted molar refractivity (Wildman–Crippen MR) is 75.3 cm³/mol. The van der Waals surface area contributed by atoms with Gasteiger partial charge < -0.3 is 19.8 Å². The van der Waals surface area contributed by atoms with Gasteiger partial charge in [-0.2, -0.15) is 0 Å². The number of furan rings is 1. The van der Waals surface area contributed by atoms with Gasteiger partial charge in [0.2, 0.25) is 5.91 Å². The van der Waals surface area contributed by atoms with E-state index in [2.05, 4.69) is 10.6 Å². The number of amides is 1. The summed E-state index contributed by atoms with van der Waals surface area (Å²) in [5, 5.41) is 6.12. The number of rotatable bonds is 6. The van der Waals surface area contributed by atoms with E-state index in [0.717, 1.165) is 5.76 Å². The summed E-state index contributed by atoms with van der Waals surface area (Å²) in [4.78, 5) is 14.3. The number of hydrogen-bond acceptors (Lipinski definition) is 5. The van der Waals surface area contributed by atoms with E-state index in [1.165, 1.54) is 0 Å². The molecule has 1 aromatic heterocycles. The van der Waals surface area contributed by atoms with Crippen LogP contribution in [0.25, 0.3) is 0 Å². The third-order valence-corrected chi connectivity index (χ3v) is 3.75. The number of ether oxygens (including phenoxy) is 1. The van der Waals surface area contributed by atoms with E-state index in [0.29, 0.717) is 19.8 Å². The van der Waals surface area contributed by atoms with Crippen molar-refractivity contribution in [3.8, 4) is 0 Å². The third kappa shape index (κ3) is 3.39. The molecule has 0 spiro atoms. The van der Waals surface area contributed by atoms with Crippen molar-refractivity contribution < 1.29 is 13.9 Å². The Labute approximate surface area is 119 Å². The molecule has 112 valence electrons. The summed E-state index contributed by atoms with van der Waals surface area (Å²) in [5.74, 6) is 0.753. The first-order chi connectivity index (χ1) is 9.63. The molecule has 2 rings (SSSR count). The SMILES string of the molecule is CNC1COCC1C(=O)NCC(c1ccco1)N(C)C. The lowest BCUT2D eigenvalue weighted by Gasteiger charge is -2.24. The third-order valence-electron chi connectivity index (χ3n) is 3.75. The Morgan fingerprint density at radius 2 is 2.30 bits per heavy atom. The first-order valence-electron chi connectivity index (χ1n) is 6.86. The van der Waals surface area contributed by atoms with Crippen LogP contribution >= 0.6 is 0 Å². The number of likely N-dealkylation sites (N-methyl/N-ethyl adjacent to an activating group) is 2. The summed E-state index contributed by atoms with van der Waals surface area (Å²) in [6.07, 6.45) is 1.65. The Bertz CT molecular complexity index is 419. The van der Waals surface area contributed by atoms with Crippen LogP contribution < -0.4 is 10.6 Å². The van der Waals surface area contributed by atoms with Crippen LogP contribution in [0, 0.1) is 5.92 Å². The van der Waals surface area contributed by atoms with Crippen LogP contribution in [0.2, 0.25) is 0 Å². The predicted octanol–water partition coefficient (Wildman–Crippen LogP) is 0.233. The Morgan fingerprint density at radius 1 is 1.50 bits per heavy atom. The maximum Gasteiger partial charge on any atom is 0.227 e. The van der Waals surface area contributed by atoms with Crippen molar-refractivity contribution in [2.45, 2.75) is 12.1 Å². The van der Waals surface area contributed by atoms with Crippen LogP contribution in [0.1, 0.15) is 11.8 Å². The highest BCUT2D eigenvalue weighted by Gasteiger charge is 2.33. The number of nitrogens with zero attached hydrogens (tertiary/aromatic N) is 1. The summed E-state index contributed by atoms with van der Waals surface area (Å²) < 4.78 is 10.8. The minimum Gasteiger partial charge on any atom is -0.468 e. The highest BCUT2D eigenvalue weighted by Crippen LogP contribution is 2.18. The van der Waals surface area contributed by atoms with Gasteiger partial charge in [-0.3, -0.25) is 9.69 Å². The van der Waals surface area contributed by atoms with Crippen molar-refractivity contribution in [3.05, 3.63) is 24.2 Å². The van der Waals surface area contributed by atoms with Gasteiger partial charge in [-0.1, -0.05) is 0 Å². The van der Waals surface area contributed by atoms with E-state index in [9.17, 15) is 4.79 Å². The molecule has 2 N–H and O–H groups in total. The van der Waals surface area contributed by atoms with Gasteiger partial charge in [-0.15, -0.1) is 0 Å². The number of carbonyl (C=O) groups is 1. The van der Waals surface area contributed by atoms with Gasteiger partial charge >= 0.3 is 0 Å². The van der Waals surface area contributed by atoms with Crippen molar-refractivity contribution in [2.24, 2.45) is 5.92 Å². The van der Waals surface area contributed by atoms with Gasteiger partial charge in [0.25, 0.3) is 0 Å². The van der Waals surface area contributed by atoms with Crippen LogP contribution in [0.15, 0.2) is 22.8 Å². The van der Waals surface area contributed by atoms with E-state index < -0.39 is 0 Å². The molecule has 2 heterocycles. The minimum absolute atomic E-state index is 0.0280. The molecule has 1 aliphatic rings. The summed E-state index contributed by atoms with van der Waals surface area (Å²) in [7, 11) is 5.79. The van der Waals surface area contributed by atoms with Crippen LogP contribution in [-0.4, -0.2) is 57.8 Å². The van der Waals surface area contributed by atoms with Gasteiger partial charge in [0.15, 0.2) is 0 Å². The van der Waals surface area contributed by atoms with Crippen molar-refractivity contribution in [1.29, 1.82) is 0 Å². The van der Waals surface area contributed by atoms with Crippen molar-refractivity contribution in [3.63, 3.8) is 0 Å². The first-order valence-corrected chi connectivity index (χ1v) is 6.86. The molecule has 3 unspecified atom stereocenters. The number of nitrogens with one attached hydrogen (secondary N) is 2. The van der Waals surface area contributed by atoms with Gasteiger partial charge in [0.1, 0.15) is 5.76 Å². The molecule has 1 aliphatic heterocycles. The average molecular weight is 281 g/mol. The summed E-state index contributed by atoms with van der Waals surface area (Å²) in [6.45, 7) is 1.58. The van der Waals surface area contributed by atoms with E-state index in [-0.39, 0.29) is 23.9 Å². The molecule has 0 aliphatic carbocycles. The molecule has 3 atom stereocenters. The monoisotopic (exact) mass is 281 g/mol. The van der Waals surface area contributed by atoms with Crippen LogP contribution in [-0.2, 0) is 9.53 Å². The molecule has 6 heteroatoms. The molecule has 0 radical (unpaired) electrons. The van der Waals surface area contributed by atoms with Crippen LogP contribution in [0.3, 0.4) is 0 Å². The molecule has 0 bridgehead atoms. The van der Waals surface area contributed by atoms with Crippen LogP contribution in [0.5, 0.6) is 0 Å². The van der Waals surface area contributed by atoms with E-state index in [1.54, 1.807) is 6.26 Å². The van der Waals surface area contributed by atoms with Crippen LogP contribution in [0.4, 0.5) is 0 Å². The fourth-order valence-electron chi connectivity index (χ4n) is 2.44. The van der Waals surface area contributed by atoms with Gasteiger partial charge in [-0.25, -0.2) is 0 Å². The highest BCUT2D eigenvalue weighted by atomic mass is 16.5. The molecule has 1 amide bonds. The zero-order valence-electron chi connectivity index (χ0n) is 12.3. The summed E-state index contributed by atoms with van der Waals surface area (Å²) >= 11 is 0. The molecule has 0 saturated carbocycles. The molecule has 1 saturated heterocycles. The molecule has 20 heavy (non-hydrogen) atoms. The molecule has 1 fully saturated rings. The van der Waals surface area contributed by atoms with E-state index in [1.807, 2.05) is 38.2 Å². The van der Waals surface area contributed by atoms with Gasteiger partial charge in [0, 0.05) is 12.6 Å². The van der Waals surface area contributed by atoms with E-state index in [4.69, 9.17) is 9.15 Å². The summed E-state index contributed by atoms with van der Waals surface area (Å²) in [6, 6.07) is 3.90. The Balaban J connectivity index is 1.91. The lowest BCUT2D eigenvalue weighted by Crippen LogP contribution is -2.44. The minimum atomic E-state index is -0.126. The maximum absolute atomic E-state index is 12.2. The van der Waals surface area contributed by atoms with E-state index >= 15 is 0 Å². The fourth-order valence-corrected chi connectivity index (χ4v) is 2.44. The summed E-state index contributed by atoms with van der Waals surface area (Å²) in [5.41, 5.74) is 0. The Hall–Kier alpha value is -1.37. The largest absolute Gasteiger partial charge is 0.468 e.